The van der Waals surface area contributed by atoms with Crippen LogP contribution in [-0.4, -0.2) is 38.5 Å². The molecular formula is C29H29F2N3O4. The molecule has 7 nitrogen and oxygen atoms in total. The number of nitrogens with zero attached hydrogens (tertiary/aromatic N) is 2. The summed E-state index contributed by atoms with van der Waals surface area (Å²) in [5, 5.41) is 13.2. The van der Waals surface area contributed by atoms with Crippen LogP contribution < -0.4 is 10.7 Å². The van der Waals surface area contributed by atoms with Crippen molar-refractivity contribution in [3.8, 4) is 5.75 Å². The third kappa shape index (κ3) is 4.46. The number of carbonyl (C=O) groups excluding carboxylic acids is 2. The lowest BCUT2D eigenvalue weighted by Gasteiger charge is -2.55. The Hall–Kier alpha value is -4.01. The standard InChI is InChI=1S/C29H29F2N3O4/c1-17-10-20(11-18-6-4-3-5-7-18)29(2)16-33-15-22(25(35)26(36)24(33)28(38)34(29)14-17)27(37)32-13-19-8-9-21(30)12-23(19)31/h3-9,12,15,17,20,36H,10-11,13-14,16H2,1-2H3,(H,32,37)/t17-,20?,29?/m0/s1. The van der Waals surface area contributed by atoms with Crippen LogP contribution in [0.2, 0.25) is 0 Å². The smallest absolute Gasteiger partial charge is 0.275 e. The lowest BCUT2D eigenvalue weighted by atomic mass is 9.70. The number of hydrogen-bond donors (Lipinski definition) is 2. The van der Waals surface area contributed by atoms with Crippen molar-refractivity contribution in [1.82, 2.24) is 14.8 Å². The Morgan fingerprint density at radius 1 is 1.16 bits per heavy atom. The van der Waals surface area contributed by atoms with E-state index in [2.05, 4.69) is 24.4 Å². The number of nitrogens with one attached hydrogen (secondary N) is 1. The molecule has 2 aliphatic rings. The molecule has 1 aromatic heterocycles. The maximum Gasteiger partial charge on any atom is 0.275 e. The highest BCUT2D eigenvalue weighted by atomic mass is 19.1. The SMILES string of the molecule is C[C@H]1CC(Cc2ccccc2)C2(C)Cn3cc(C(=O)NCc4ccc(F)cc4F)c(=O)c(O)c3C(=O)N2C1. The number of fused-ring (bicyclic) bond motifs is 2. The summed E-state index contributed by atoms with van der Waals surface area (Å²) < 4.78 is 28.7. The van der Waals surface area contributed by atoms with Crippen molar-refractivity contribution < 1.29 is 23.5 Å². The van der Waals surface area contributed by atoms with Gasteiger partial charge in [-0.3, -0.25) is 14.4 Å². The van der Waals surface area contributed by atoms with E-state index in [1.807, 2.05) is 25.1 Å². The second kappa shape index (κ2) is 9.70. The third-order valence-electron chi connectivity index (χ3n) is 7.90. The summed E-state index contributed by atoms with van der Waals surface area (Å²) in [6.45, 7) is 4.61. The van der Waals surface area contributed by atoms with E-state index in [9.17, 15) is 28.3 Å². The molecule has 0 spiro atoms. The lowest BCUT2D eigenvalue weighted by Crippen LogP contribution is -2.65. The molecule has 2 N–H and O–H groups in total. The third-order valence-corrected chi connectivity index (χ3v) is 7.90. The predicted molar refractivity (Wildman–Crippen MR) is 137 cm³/mol. The highest BCUT2D eigenvalue weighted by Crippen LogP contribution is 2.43. The average Bonchev–Trinajstić information content (AvgIpc) is 2.87. The van der Waals surface area contributed by atoms with E-state index in [0.717, 1.165) is 24.5 Å². The molecule has 2 amide bonds. The Kier molecular flexibility index (Phi) is 6.54. The van der Waals surface area contributed by atoms with Gasteiger partial charge < -0.3 is 19.9 Å². The molecule has 38 heavy (non-hydrogen) atoms. The topological polar surface area (TPSA) is 91.6 Å². The fraction of sp³-hybridized carbons (Fsp3) is 0.345. The molecule has 0 saturated carbocycles. The van der Waals surface area contributed by atoms with Crippen LogP contribution in [0.25, 0.3) is 0 Å². The van der Waals surface area contributed by atoms with Crippen LogP contribution in [0, 0.1) is 23.5 Å². The largest absolute Gasteiger partial charge is 0.503 e. The molecule has 3 aromatic rings. The van der Waals surface area contributed by atoms with Crippen molar-refractivity contribution in [2.75, 3.05) is 6.54 Å². The number of aromatic hydroxyl groups is 1. The maximum atomic E-state index is 14.0. The summed E-state index contributed by atoms with van der Waals surface area (Å²) in [5.41, 5.74) is -0.888. The van der Waals surface area contributed by atoms with Crippen LogP contribution >= 0.6 is 0 Å². The van der Waals surface area contributed by atoms with Crippen LogP contribution in [0.1, 0.15) is 52.2 Å². The quantitative estimate of drug-likeness (QED) is 0.533. The minimum atomic E-state index is -0.976. The Balaban J connectivity index is 1.47. The van der Waals surface area contributed by atoms with Crippen molar-refractivity contribution in [2.45, 2.75) is 45.3 Å². The normalized spacial score (nSPS) is 22.5. The second-order valence-corrected chi connectivity index (χ2v) is 10.6. The Morgan fingerprint density at radius 3 is 2.61 bits per heavy atom. The fourth-order valence-corrected chi connectivity index (χ4v) is 5.86. The van der Waals surface area contributed by atoms with E-state index >= 15 is 0 Å². The highest BCUT2D eigenvalue weighted by Gasteiger charge is 2.51. The van der Waals surface area contributed by atoms with Gasteiger partial charge in [-0.15, -0.1) is 0 Å². The Bertz CT molecular complexity index is 1470. The molecular weight excluding hydrogens is 492 g/mol. The average molecular weight is 522 g/mol. The van der Waals surface area contributed by atoms with Crippen LogP contribution in [0.15, 0.2) is 59.5 Å². The number of amides is 2. The van der Waals surface area contributed by atoms with Gasteiger partial charge in [0.2, 0.25) is 5.43 Å². The van der Waals surface area contributed by atoms with E-state index in [1.54, 1.807) is 4.90 Å². The van der Waals surface area contributed by atoms with Crippen molar-refractivity contribution in [3.05, 3.63) is 99.0 Å². The molecule has 198 valence electrons. The summed E-state index contributed by atoms with van der Waals surface area (Å²) in [6.07, 6.45) is 2.95. The number of rotatable bonds is 5. The van der Waals surface area contributed by atoms with Gasteiger partial charge in [-0.2, -0.15) is 0 Å². The number of hydrogen-bond acceptors (Lipinski definition) is 4. The monoisotopic (exact) mass is 521 g/mol. The predicted octanol–water partition coefficient (Wildman–Crippen LogP) is 3.88. The maximum absolute atomic E-state index is 14.0. The molecule has 0 bridgehead atoms. The molecule has 0 radical (unpaired) electrons. The van der Waals surface area contributed by atoms with E-state index < -0.39 is 40.2 Å². The molecule has 9 heteroatoms. The summed E-state index contributed by atoms with van der Waals surface area (Å²) in [4.78, 5) is 41.3. The molecule has 2 aliphatic heterocycles. The van der Waals surface area contributed by atoms with Gasteiger partial charge >= 0.3 is 0 Å². The van der Waals surface area contributed by atoms with Crippen molar-refractivity contribution >= 4 is 11.8 Å². The molecule has 2 unspecified atom stereocenters. The first kappa shape index (κ1) is 25.6. The fourth-order valence-electron chi connectivity index (χ4n) is 5.86. The summed E-state index contributed by atoms with van der Waals surface area (Å²) in [6, 6.07) is 13.0. The summed E-state index contributed by atoms with van der Waals surface area (Å²) in [5.74, 6) is -3.30. The number of carbonyl (C=O) groups is 2. The van der Waals surface area contributed by atoms with Crippen molar-refractivity contribution in [1.29, 1.82) is 0 Å². The molecule has 1 fully saturated rings. The first-order valence-corrected chi connectivity index (χ1v) is 12.6. The summed E-state index contributed by atoms with van der Waals surface area (Å²) >= 11 is 0. The zero-order chi connectivity index (χ0) is 27.2. The van der Waals surface area contributed by atoms with Crippen LogP contribution in [0.3, 0.4) is 0 Å². The van der Waals surface area contributed by atoms with Gasteiger partial charge in [-0.05, 0) is 43.2 Å². The second-order valence-electron chi connectivity index (χ2n) is 10.6. The Labute approximate surface area is 218 Å². The van der Waals surface area contributed by atoms with Crippen LogP contribution in [0.4, 0.5) is 8.78 Å². The van der Waals surface area contributed by atoms with Crippen molar-refractivity contribution in [2.24, 2.45) is 11.8 Å². The first-order chi connectivity index (χ1) is 18.1. The zero-order valence-electron chi connectivity index (χ0n) is 21.2. The number of halogens is 2. The van der Waals surface area contributed by atoms with E-state index in [4.69, 9.17) is 0 Å². The molecule has 3 heterocycles. The molecule has 2 aromatic carbocycles. The minimum Gasteiger partial charge on any atom is -0.503 e. The number of aromatic nitrogens is 1. The van der Waals surface area contributed by atoms with Gasteiger partial charge in [-0.25, -0.2) is 8.78 Å². The van der Waals surface area contributed by atoms with Gasteiger partial charge in [0.25, 0.3) is 11.8 Å². The Morgan fingerprint density at radius 2 is 1.89 bits per heavy atom. The van der Waals surface area contributed by atoms with Gasteiger partial charge in [-0.1, -0.05) is 43.3 Å². The van der Waals surface area contributed by atoms with Crippen LogP contribution in [0.5, 0.6) is 5.75 Å². The van der Waals surface area contributed by atoms with E-state index in [0.29, 0.717) is 19.2 Å². The first-order valence-electron chi connectivity index (χ1n) is 12.6. The number of piperidine rings is 1. The van der Waals surface area contributed by atoms with Gasteiger partial charge in [0.05, 0.1) is 5.54 Å². The molecule has 0 aliphatic carbocycles. The molecule has 1 saturated heterocycles. The molecule has 5 rings (SSSR count). The zero-order valence-corrected chi connectivity index (χ0v) is 21.2. The highest BCUT2D eigenvalue weighted by molar-refractivity contribution is 5.99. The van der Waals surface area contributed by atoms with Crippen LogP contribution in [-0.2, 0) is 19.5 Å². The van der Waals surface area contributed by atoms with E-state index in [1.165, 1.54) is 16.8 Å². The van der Waals surface area contributed by atoms with E-state index in [-0.39, 0.29) is 35.2 Å². The number of benzene rings is 2. The minimum absolute atomic E-state index is 0.0421. The number of pyridine rings is 1. The van der Waals surface area contributed by atoms with Gasteiger partial charge in [0.1, 0.15) is 17.2 Å². The lowest BCUT2D eigenvalue weighted by molar-refractivity contribution is -0.0255. The molecule has 3 atom stereocenters. The van der Waals surface area contributed by atoms with Gasteiger partial charge in [0, 0.05) is 37.5 Å². The van der Waals surface area contributed by atoms with Gasteiger partial charge in [0.15, 0.2) is 11.4 Å². The summed E-state index contributed by atoms with van der Waals surface area (Å²) in [7, 11) is 0. The van der Waals surface area contributed by atoms with Crippen molar-refractivity contribution in [3.63, 3.8) is 0 Å².